The molecule has 0 fully saturated rings. The minimum absolute atomic E-state index is 0.725. The Morgan fingerprint density at radius 1 is 1.38 bits per heavy atom. The highest BCUT2D eigenvalue weighted by Crippen LogP contribution is 2.10. The molecule has 16 heavy (non-hydrogen) atoms. The number of hydrogen-bond donors (Lipinski definition) is 1. The van der Waals surface area contributed by atoms with Gasteiger partial charge in [0.25, 0.3) is 0 Å². The summed E-state index contributed by atoms with van der Waals surface area (Å²) >= 11 is 0. The van der Waals surface area contributed by atoms with Crippen LogP contribution in [0, 0.1) is 11.8 Å². The first-order valence-corrected chi connectivity index (χ1v) is 6.30. The normalized spacial score (nSPS) is 13.3. The van der Waals surface area contributed by atoms with Gasteiger partial charge in [-0.2, -0.15) is 5.10 Å². The van der Waals surface area contributed by atoms with E-state index in [9.17, 15) is 0 Å². The van der Waals surface area contributed by atoms with Crippen molar-refractivity contribution in [3.8, 4) is 0 Å². The second kappa shape index (κ2) is 6.69. The van der Waals surface area contributed by atoms with Crippen LogP contribution in [0.1, 0.15) is 32.8 Å². The van der Waals surface area contributed by atoms with Gasteiger partial charge in [-0.05, 0) is 36.9 Å². The number of nitrogens with zero attached hydrogens (tertiary/aromatic N) is 2. The van der Waals surface area contributed by atoms with E-state index < -0.39 is 0 Å². The van der Waals surface area contributed by atoms with Crippen LogP contribution in [0.2, 0.25) is 0 Å². The van der Waals surface area contributed by atoms with Gasteiger partial charge in [0.05, 0.1) is 6.20 Å². The average Bonchev–Trinajstić information content (AvgIpc) is 2.62. The molecule has 1 unspecified atom stereocenters. The summed E-state index contributed by atoms with van der Waals surface area (Å²) in [5.74, 6) is 1.46. The molecule has 1 rings (SSSR count). The summed E-state index contributed by atoms with van der Waals surface area (Å²) in [5.41, 5.74) is 1.35. The lowest BCUT2D eigenvalue weighted by Crippen LogP contribution is -2.27. The first kappa shape index (κ1) is 13.2. The second-order valence-corrected chi connectivity index (χ2v) is 5.05. The maximum absolute atomic E-state index is 4.21. The molecule has 0 saturated carbocycles. The van der Waals surface area contributed by atoms with Gasteiger partial charge in [-0.15, -0.1) is 0 Å². The second-order valence-electron chi connectivity index (χ2n) is 5.05. The molecule has 0 aliphatic heterocycles. The molecule has 0 saturated heterocycles. The fraction of sp³-hybridized carbons (Fsp3) is 0.769. The van der Waals surface area contributed by atoms with Gasteiger partial charge >= 0.3 is 0 Å². The van der Waals surface area contributed by atoms with E-state index in [2.05, 4.69) is 37.4 Å². The van der Waals surface area contributed by atoms with Crippen molar-refractivity contribution in [2.45, 2.75) is 33.6 Å². The summed E-state index contributed by atoms with van der Waals surface area (Å²) in [7, 11) is 1.97. The quantitative estimate of drug-likeness (QED) is 0.768. The highest BCUT2D eigenvalue weighted by molar-refractivity contribution is 5.04. The number of aromatic nitrogens is 2. The predicted molar refractivity (Wildman–Crippen MR) is 68.4 cm³/mol. The molecule has 3 nitrogen and oxygen atoms in total. The topological polar surface area (TPSA) is 29.9 Å². The van der Waals surface area contributed by atoms with E-state index >= 15 is 0 Å². The summed E-state index contributed by atoms with van der Waals surface area (Å²) in [4.78, 5) is 0. The van der Waals surface area contributed by atoms with Crippen molar-refractivity contribution in [2.75, 3.05) is 13.1 Å². The van der Waals surface area contributed by atoms with E-state index in [4.69, 9.17) is 0 Å². The fourth-order valence-electron chi connectivity index (χ4n) is 1.85. The fourth-order valence-corrected chi connectivity index (χ4v) is 1.85. The molecule has 1 atom stereocenters. The zero-order valence-corrected chi connectivity index (χ0v) is 11.0. The molecule has 1 N–H and O–H groups in total. The molecule has 0 radical (unpaired) electrons. The van der Waals surface area contributed by atoms with Crippen molar-refractivity contribution < 1.29 is 0 Å². The van der Waals surface area contributed by atoms with Crippen LogP contribution in [0.5, 0.6) is 0 Å². The summed E-state index contributed by atoms with van der Waals surface area (Å²) in [5, 5.41) is 7.74. The van der Waals surface area contributed by atoms with Gasteiger partial charge in [-0.25, -0.2) is 0 Å². The predicted octanol–water partition coefficient (Wildman–Crippen LogP) is 2.23. The molecule has 0 bridgehead atoms. The van der Waals surface area contributed by atoms with Crippen molar-refractivity contribution in [1.29, 1.82) is 0 Å². The van der Waals surface area contributed by atoms with Gasteiger partial charge in [0.1, 0.15) is 0 Å². The number of hydrogen-bond acceptors (Lipinski definition) is 2. The Morgan fingerprint density at radius 2 is 2.12 bits per heavy atom. The van der Waals surface area contributed by atoms with Crippen molar-refractivity contribution in [3.63, 3.8) is 0 Å². The van der Waals surface area contributed by atoms with E-state index in [1.54, 1.807) is 0 Å². The monoisotopic (exact) mass is 223 g/mol. The first-order chi connectivity index (χ1) is 7.61. The molecule has 1 heterocycles. The van der Waals surface area contributed by atoms with E-state index in [0.29, 0.717) is 0 Å². The van der Waals surface area contributed by atoms with E-state index in [0.717, 1.165) is 31.3 Å². The maximum Gasteiger partial charge on any atom is 0.0521 e. The molecule has 0 aliphatic carbocycles. The van der Waals surface area contributed by atoms with Crippen molar-refractivity contribution in [2.24, 2.45) is 18.9 Å². The Labute approximate surface area is 99.2 Å². The Balaban J connectivity index is 2.31. The third-order valence-electron chi connectivity index (χ3n) is 2.85. The highest BCUT2D eigenvalue weighted by Gasteiger charge is 2.08. The van der Waals surface area contributed by atoms with Gasteiger partial charge in [0.15, 0.2) is 0 Å². The largest absolute Gasteiger partial charge is 0.316 e. The molecule has 3 heteroatoms. The van der Waals surface area contributed by atoms with Crippen molar-refractivity contribution in [3.05, 3.63) is 18.0 Å². The maximum atomic E-state index is 4.21. The summed E-state index contributed by atoms with van der Waals surface area (Å²) in [6.07, 6.45) is 6.45. The van der Waals surface area contributed by atoms with Crippen LogP contribution in [0.25, 0.3) is 0 Å². The lowest BCUT2D eigenvalue weighted by molar-refractivity contribution is 0.437. The molecule has 0 amide bonds. The lowest BCUT2D eigenvalue weighted by atomic mass is 9.98. The lowest BCUT2D eigenvalue weighted by Gasteiger charge is -2.15. The smallest absolute Gasteiger partial charge is 0.0521 e. The third-order valence-corrected chi connectivity index (χ3v) is 2.85. The summed E-state index contributed by atoms with van der Waals surface area (Å²) in [6, 6.07) is 0. The number of rotatable bonds is 7. The Morgan fingerprint density at radius 3 is 2.62 bits per heavy atom. The van der Waals surface area contributed by atoms with E-state index in [-0.39, 0.29) is 0 Å². The van der Waals surface area contributed by atoms with Gasteiger partial charge in [-0.3, -0.25) is 4.68 Å². The van der Waals surface area contributed by atoms with Gasteiger partial charge in [0.2, 0.25) is 0 Å². The number of nitrogens with one attached hydrogen (secondary N) is 1. The first-order valence-electron chi connectivity index (χ1n) is 6.30. The number of aryl methyl sites for hydroxylation is 1. The van der Waals surface area contributed by atoms with Crippen LogP contribution >= 0.6 is 0 Å². The van der Waals surface area contributed by atoms with Crippen LogP contribution < -0.4 is 5.32 Å². The van der Waals surface area contributed by atoms with E-state index in [1.807, 2.05) is 17.9 Å². The van der Waals surface area contributed by atoms with Crippen LogP contribution in [0.15, 0.2) is 12.4 Å². The SMILES string of the molecule is CCC(CNCC(C)C)Cc1cnn(C)c1. The van der Waals surface area contributed by atoms with Gasteiger partial charge in [0, 0.05) is 13.2 Å². The Hall–Kier alpha value is -0.830. The zero-order chi connectivity index (χ0) is 12.0. The minimum atomic E-state index is 0.725. The van der Waals surface area contributed by atoms with Gasteiger partial charge < -0.3 is 5.32 Å². The average molecular weight is 223 g/mol. The van der Waals surface area contributed by atoms with Crippen LogP contribution in [0.3, 0.4) is 0 Å². The highest BCUT2D eigenvalue weighted by atomic mass is 15.2. The van der Waals surface area contributed by atoms with Crippen LogP contribution in [0.4, 0.5) is 0 Å². The molecule has 1 aromatic heterocycles. The van der Waals surface area contributed by atoms with Crippen LogP contribution in [-0.2, 0) is 13.5 Å². The minimum Gasteiger partial charge on any atom is -0.316 e. The molecule has 92 valence electrons. The zero-order valence-electron chi connectivity index (χ0n) is 11.0. The Bertz CT molecular complexity index is 291. The Kier molecular flexibility index (Phi) is 5.53. The molecule has 0 spiro atoms. The van der Waals surface area contributed by atoms with Crippen LogP contribution in [-0.4, -0.2) is 22.9 Å². The van der Waals surface area contributed by atoms with E-state index in [1.165, 1.54) is 12.0 Å². The molecule has 1 aromatic rings. The van der Waals surface area contributed by atoms with Crippen molar-refractivity contribution >= 4 is 0 Å². The molecular formula is C13H25N3. The molecule has 0 aliphatic rings. The third kappa shape index (κ3) is 4.79. The molecule has 0 aromatic carbocycles. The molecular weight excluding hydrogens is 198 g/mol. The summed E-state index contributed by atoms with van der Waals surface area (Å²) < 4.78 is 1.88. The van der Waals surface area contributed by atoms with Crippen molar-refractivity contribution in [1.82, 2.24) is 15.1 Å². The summed E-state index contributed by atoms with van der Waals surface area (Å²) in [6.45, 7) is 8.98. The standard InChI is InChI=1S/C13H25N3/c1-5-12(8-14-7-11(2)3)6-13-9-15-16(4)10-13/h9-12,14H,5-8H2,1-4H3. The van der Waals surface area contributed by atoms with Gasteiger partial charge in [-0.1, -0.05) is 27.2 Å².